The van der Waals surface area contributed by atoms with Crippen LogP contribution < -0.4 is 10.6 Å². The quantitative estimate of drug-likeness (QED) is 0.0916. The lowest BCUT2D eigenvalue weighted by molar-refractivity contribution is 0.830. The van der Waals surface area contributed by atoms with Gasteiger partial charge >= 0.3 is 0 Å². The highest BCUT2D eigenvalue weighted by molar-refractivity contribution is 8.76. The van der Waals surface area contributed by atoms with E-state index in [0.29, 0.717) is 0 Å². The fourth-order valence-electron chi connectivity index (χ4n) is 4.86. The van der Waals surface area contributed by atoms with Crippen molar-refractivity contribution in [1.82, 2.24) is 0 Å². The average Bonchev–Trinajstić information content (AvgIpc) is 3.05. The lowest BCUT2D eigenvalue weighted by Crippen LogP contribution is -2.11. The van der Waals surface area contributed by atoms with E-state index in [1.807, 2.05) is 53.1 Å². The van der Waals surface area contributed by atoms with Crippen molar-refractivity contribution in [2.24, 2.45) is 9.98 Å². The number of aliphatic imine (C=N–C) groups is 2. The number of fused-ring (bicyclic) bond motifs is 2. The van der Waals surface area contributed by atoms with Crippen LogP contribution in [0.1, 0.15) is 42.0 Å². The summed E-state index contributed by atoms with van der Waals surface area (Å²) in [5.74, 6) is 1.97. The van der Waals surface area contributed by atoms with Crippen LogP contribution in [0, 0.1) is 0 Å². The molecule has 0 aromatic heterocycles. The second-order valence-corrected chi connectivity index (χ2v) is 13.1. The molecule has 2 aliphatic rings. The van der Waals surface area contributed by atoms with Gasteiger partial charge in [0, 0.05) is 61.5 Å². The summed E-state index contributed by atoms with van der Waals surface area (Å²) in [5.41, 5.74) is 10.0. The first-order chi connectivity index (χ1) is 21.2. The first-order valence-corrected chi connectivity index (χ1v) is 17.7. The third kappa shape index (κ3) is 11.6. The van der Waals surface area contributed by atoms with Gasteiger partial charge in [-0.2, -0.15) is 0 Å². The molecule has 2 N–H and O–H groups in total. The molecule has 0 saturated heterocycles. The predicted octanol–water partition coefficient (Wildman–Crippen LogP) is 9.27. The van der Waals surface area contributed by atoms with E-state index in [-0.39, 0.29) is 0 Å². The van der Waals surface area contributed by atoms with Crippen molar-refractivity contribution in [3.05, 3.63) is 119 Å². The van der Waals surface area contributed by atoms with E-state index in [9.17, 15) is 0 Å². The predicted molar refractivity (Wildman–Crippen MR) is 197 cm³/mol. The van der Waals surface area contributed by atoms with Gasteiger partial charge in [0.1, 0.15) is 0 Å². The fourth-order valence-corrected chi connectivity index (χ4v) is 6.61. The molecule has 0 spiro atoms. The van der Waals surface area contributed by atoms with Crippen LogP contribution in [0.15, 0.2) is 107 Å². The molecular formula is C37H44N4S2. The zero-order valence-corrected chi connectivity index (χ0v) is 26.9. The monoisotopic (exact) mass is 608 g/mol. The first-order valence-electron chi connectivity index (χ1n) is 15.2. The highest BCUT2D eigenvalue weighted by Crippen LogP contribution is 2.25. The Labute approximate surface area is 266 Å². The van der Waals surface area contributed by atoms with Gasteiger partial charge in [-0.1, -0.05) is 82.8 Å². The summed E-state index contributed by atoms with van der Waals surface area (Å²) in [6, 6.07) is 13.3. The SMILES string of the molecule is C=CC(/C=C/c1ccc2c(c1)CCCN2)=C\C=NCCSSCCN=C/C=C(\C=C/C)/C=C/c1ccc2c(c1)CCCN2. The van der Waals surface area contributed by atoms with Crippen LogP contribution in [0.25, 0.3) is 12.2 Å². The van der Waals surface area contributed by atoms with Crippen LogP contribution in [-0.2, 0) is 12.8 Å². The average molecular weight is 609 g/mol. The smallest absolute Gasteiger partial charge is 0.0488 e. The number of aryl methyl sites for hydroxylation is 2. The van der Waals surface area contributed by atoms with Crippen molar-refractivity contribution >= 4 is 57.5 Å². The van der Waals surface area contributed by atoms with E-state index < -0.39 is 0 Å². The lowest BCUT2D eigenvalue weighted by atomic mass is 10.0. The Morgan fingerprint density at radius 2 is 1.30 bits per heavy atom. The van der Waals surface area contributed by atoms with E-state index in [2.05, 4.69) is 106 Å². The Bertz CT molecular complexity index is 1410. The molecule has 224 valence electrons. The number of hydrogen-bond donors (Lipinski definition) is 2. The van der Waals surface area contributed by atoms with Crippen LogP contribution in [0.3, 0.4) is 0 Å². The van der Waals surface area contributed by atoms with Gasteiger partial charge in [0.2, 0.25) is 0 Å². The van der Waals surface area contributed by atoms with E-state index in [4.69, 9.17) is 0 Å². The largest absolute Gasteiger partial charge is 0.385 e. The summed E-state index contributed by atoms with van der Waals surface area (Å²) in [5, 5.41) is 6.94. The normalized spacial score (nSPS) is 15.8. The molecule has 0 saturated carbocycles. The van der Waals surface area contributed by atoms with Gasteiger partial charge in [-0.05, 0) is 102 Å². The van der Waals surface area contributed by atoms with Gasteiger partial charge in [-0.3, -0.25) is 9.98 Å². The summed E-state index contributed by atoms with van der Waals surface area (Å²) >= 11 is 0. The third-order valence-electron chi connectivity index (χ3n) is 7.10. The summed E-state index contributed by atoms with van der Waals surface area (Å²) in [6.45, 7) is 9.74. The molecule has 43 heavy (non-hydrogen) atoms. The Hall–Kier alpha value is -3.48. The number of nitrogens with zero attached hydrogens (tertiary/aromatic N) is 2. The lowest BCUT2D eigenvalue weighted by Gasteiger charge is -2.18. The third-order valence-corrected chi connectivity index (χ3v) is 9.47. The van der Waals surface area contributed by atoms with Gasteiger partial charge < -0.3 is 10.6 Å². The minimum atomic E-state index is 0.798. The van der Waals surface area contributed by atoms with Crippen molar-refractivity contribution in [1.29, 1.82) is 0 Å². The van der Waals surface area contributed by atoms with Gasteiger partial charge in [0.25, 0.3) is 0 Å². The Balaban J connectivity index is 1.11. The van der Waals surface area contributed by atoms with Gasteiger partial charge in [0.15, 0.2) is 0 Å². The number of hydrogen-bond acceptors (Lipinski definition) is 6. The zero-order chi connectivity index (χ0) is 30.0. The Morgan fingerprint density at radius 3 is 1.84 bits per heavy atom. The molecule has 0 aliphatic carbocycles. The van der Waals surface area contributed by atoms with Gasteiger partial charge in [-0.15, -0.1) is 0 Å². The Morgan fingerprint density at radius 1 is 0.767 bits per heavy atom. The standard InChI is InChI=1S/C37H44N4S2/c1-3-7-31(11-13-33-15-17-37-35(29-33)9-6-21-41-37)19-23-39-25-27-43-42-26-24-38-22-18-30(4-2)10-12-32-14-16-36-34(28-32)8-5-20-40-36/h3-4,7,10-19,22-23,28-29,40-41H,2,5-6,8-9,20-21,24-27H2,1H3/b7-3-,12-10+,13-11+,30-18+,31-19+,38-22?,39-23?. The number of nitrogens with one attached hydrogen (secondary N) is 2. The van der Waals surface area contributed by atoms with Crippen LogP contribution in [0.2, 0.25) is 0 Å². The number of rotatable bonds is 15. The summed E-state index contributed by atoms with van der Waals surface area (Å²) in [4.78, 5) is 9.11. The van der Waals surface area contributed by atoms with Crippen molar-refractivity contribution in [3.8, 4) is 0 Å². The zero-order valence-electron chi connectivity index (χ0n) is 25.3. The van der Waals surface area contributed by atoms with Crippen molar-refractivity contribution in [2.75, 3.05) is 48.3 Å². The molecule has 4 nitrogen and oxygen atoms in total. The molecule has 2 aliphatic heterocycles. The van der Waals surface area contributed by atoms with Crippen LogP contribution in [0.5, 0.6) is 0 Å². The van der Waals surface area contributed by atoms with E-state index in [1.54, 1.807) is 0 Å². The molecular weight excluding hydrogens is 565 g/mol. The minimum Gasteiger partial charge on any atom is -0.385 e. The van der Waals surface area contributed by atoms with E-state index in [0.717, 1.165) is 61.7 Å². The Kier molecular flexibility index (Phi) is 14.3. The first kappa shape index (κ1) is 32.4. The summed E-state index contributed by atoms with van der Waals surface area (Å²) in [7, 11) is 3.70. The second-order valence-electron chi connectivity index (χ2n) is 10.4. The molecule has 0 unspecified atom stereocenters. The number of allylic oxidation sites excluding steroid dienone is 9. The van der Waals surface area contributed by atoms with Crippen LogP contribution >= 0.6 is 21.6 Å². The molecule has 0 atom stereocenters. The fraction of sp³-hybridized carbons (Fsp3) is 0.297. The van der Waals surface area contributed by atoms with E-state index >= 15 is 0 Å². The maximum Gasteiger partial charge on any atom is 0.0488 e. The van der Waals surface area contributed by atoms with E-state index in [1.165, 1.54) is 46.5 Å². The molecule has 0 radical (unpaired) electrons. The van der Waals surface area contributed by atoms with Crippen molar-refractivity contribution in [3.63, 3.8) is 0 Å². The highest BCUT2D eigenvalue weighted by atomic mass is 33.1. The minimum absolute atomic E-state index is 0.798. The summed E-state index contributed by atoms with van der Waals surface area (Å²) in [6.07, 6.45) is 27.2. The molecule has 4 rings (SSSR count). The molecule has 0 bridgehead atoms. The maximum atomic E-state index is 4.57. The van der Waals surface area contributed by atoms with Crippen molar-refractivity contribution < 1.29 is 0 Å². The number of benzene rings is 2. The second kappa shape index (κ2) is 18.9. The molecule has 2 heterocycles. The number of anilines is 2. The van der Waals surface area contributed by atoms with Gasteiger partial charge in [-0.25, -0.2) is 0 Å². The maximum absolute atomic E-state index is 4.57. The molecule has 2 aromatic rings. The highest BCUT2D eigenvalue weighted by Gasteiger charge is 2.08. The molecule has 2 aromatic carbocycles. The molecule has 0 fully saturated rings. The van der Waals surface area contributed by atoms with Crippen LogP contribution in [0.4, 0.5) is 11.4 Å². The topological polar surface area (TPSA) is 48.8 Å². The van der Waals surface area contributed by atoms with Crippen molar-refractivity contribution in [2.45, 2.75) is 32.6 Å². The van der Waals surface area contributed by atoms with Crippen LogP contribution in [-0.4, -0.2) is 50.1 Å². The molecule has 0 amide bonds. The van der Waals surface area contributed by atoms with Gasteiger partial charge in [0.05, 0.1) is 0 Å². The summed E-state index contributed by atoms with van der Waals surface area (Å²) < 4.78 is 0. The molecule has 6 heteroatoms.